The molecule has 1 aromatic carbocycles. The Hall–Kier alpha value is -3.14. The zero-order valence-corrected chi connectivity index (χ0v) is 21.4. The third-order valence-electron chi connectivity index (χ3n) is 8.06. The molecule has 3 unspecified atom stereocenters. The van der Waals surface area contributed by atoms with Gasteiger partial charge in [0.1, 0.15) is 24.4 Å². The molecule has 0 spiro atoms. The average Bonchev–Trinajstić information content (AvgIpc) is 3.20. The molecule has 0 aromatic heterocycles. The summed E-state index contributed by atoms with van der Waals surface area (Å²) < 4.78 is 46.6. The minimum absolute atomic E-state index is 0.0977. The van der Waals surface area contributed by atoms with Gasteiger partial charge in [0.25, 0.3) is 5.91 Å². The number of imide groups is 1. The molecule has 5 rings (SSSR count). The Balaban J connectivity index is 1.24. The summed E-state index contributed by atoms with van der Waals surface area (Å²) in [5.41, 5.74) is 3.22. The van der Waals surface area contributed by atoms with E-state index in [1.54, 1.807) is 23.1 Å². The van der Waals surface area contributed by atoms with E-state index >= 15 is 0 Å². The van der Waals surface area contributed by atoms with Crippen LogP contribution in [0.2, 0.25) is 0 Å². The van der Waals surface area contributed by atoms with Crippen molar-refractivity contribution in [2.24, 2.45) is 5.92 Å². The first-order valence-corrected chi connectivity index (χ1v) is 13.2. The minimum Gasteiger partial charge on any atom is -0.489 e. The van der Waals surface area contributed by atoms with Crippen molar-refractivity contribution in [3.8, 4) is 5.75 Å². The summed E-state index contributed by atoms with van der Waals surface area (Å²) >= 11 is 0. The van der Waals surface area contributed by atoms with E-state index in [0.717, 1.165) is 17.6 Å². The number of fused-ring (bicyclic) bond motifs is 1. The molecule has 38 heavy (non-hydrogen) atoms. The number of ether oxygens (including phenoxy) is 1. The summed E-state index contributed by atoms with van der Waals surface area (Å²) in [6.45, 7) is 3.34. The van der Waals surface area contributed by atoms with Crippen LogP contribution in [0.4, 0.5) is 13.2 Å². The van der Waals surface area contributed by atoms with Crippen molar-refractivity contribution in [2.75, 3.05) is 19.7 Å². The van der Waals surface area contributed by atoms with Gasteiger partial charge in [-0.1, -0.05) is 37.1 Å². The highest BCUT2D eigenvalue weighted by molar-refractivity contribution is 6.05. The highest BCUT2D eigenvalue weighted by Crippen LogP contribution is 2.36. The molecule has 204 valence electrons. The molecule has 0 radical (unpaired) electrons. The Morgan fingerprint density at radius 1 is 1.11 bits per heavy atom. The molecule has 3 heterocycles. The predicted molar refractivity (Wildman–Crippen MR) is 133 cm³/mol. The van der Waals surface area contributed by atoms with Gasteiger partial charge in [-0.3, -0.25) is 24.6 Å². The molecule has 3 aliphatic heterocycles. The van der Waals surface area contributed by atoms with Crippen LogP contribution in [0.15, 0.2) is 41.5 Å². The molecule has 0 saturated carbocycles. The fourth-order valence-corrected chi connectivity index (χ4v) is 5.95. The van der Waals surface area contributed by atoms with Gasteiger partial charge in [0, 0.05) is 24.1 Å². The normalized spacial score (nSPS) is 26.6. The van der Waals surface area contributed by atoms with E-state index in [2.05, 4.69) is 5.32 Å². The second-order valence-electron chi connectivity index (χ2n) is 10.7. The summed E-state index contributed by atoms with van der Waals surface area (Å²) in [5, 5.41) is 2.30. The first kappa shape index (κ1) is 26.5. The highest BCUT2D eigenvalue weighted by Gasteiger charge is 2.44. The second kappa shape index (κ2) is 10.6. The quantitative estimate of drug-likeness (QED) is 0.559. The standard InChI is InChI=1S/C28H32F3N3O4/c1-17-13-18(8-9-19(17)14-33-12-3-2-7-24(33)28(29,30)31)16-38-23-6-4-5-20-21(23)15-34(27(20)37)22-10-11-25(35)32-26(22)36/h4-6,8-9,17,22,24H,2-3,7,10-16H2,1H3,(H,32,35,36). The van der Waals surface area contributed by atoms with Gasteiger partial charge in [-0.05, 0) is 55.9 Å². The minimum atomic E-state index is -4.21. The first-order chi connectivity index (χ1) is 18.1. The van der Waals surface area contributed by atoms with Crippen molar-refractivity contribution in [3.05, 3.63) is 52.6 Å². The van der Waals surface area contributed by atoms with Gasteiger partial charge in [0.2, 0.25) is 11.8 Å². The van der Waals surface area contributed by atoms with Gasteiger partial charge < -0.3 is 9.64 Å². The lowest BCUT2D eigenvalue weighted by atomic mass is 9.87. The number of halogens is 3. The van der Waals surface area contributed by atoms with E-state index in [0.29, 0.717) is 55.8 Å². The van der Waals surface area contributed by atoms with Crippen LogP contribution in [-0.2, 0) is 16.1 Å². The number of nitrogens with zero attached hydrogens (tertiary/aromatic N) is 2. The van der Waals surface area contributed by atoms with Crippen molar-refractivity contribution in [1.82, 2.24) is 15.1 Å². The average molecular weight is 532 g/mol. The van der Waals surface area contributed by atoms with Gasteiger partial charge in [0.15, 0.2) is 0 Å². The zero-order valence-electron chi connectivity index (χ0n) is 21.4. The maximum atomic E-state index is 13.5. The lowest BCUT2D eigenvalue weighted by molar-refractivity contribution is -0.190. The van der Waals surface area contributed by atoms with E-state index < -0.39 is 24.2 Å². The van der Waals surface area contributed by atoms with Crippen LogP contribution >= 0.6 is 0 Å². The van der Waals surface area contributed by atoms with E-state index in [1.807, 2.05) is 19.1 Å². The Bertz CT molecular complexity index is 1190. The number of hydrogen-bond acceptors (Lipinski definition) is 5. The number of carbonyl (C=O) groups is 3. The van der Waals surface area contributed by atoms with Crippen LogP contribution in [-0.4, -0.2) is 65.5 Å². The number of amides is 3. The molecular formula is C28H32F3N3O4. The van der Waals surface area contributed by atoms with Crippen LogP contribution < -0.4 is 10.1 Å². The number of carbonyl (C=O) groups excluding carboxylic acids is 3. The topological polar surface area (TPSA) is 79.0 Å². The monoisotopic (exact) mass is 531 g/mol. The molecule has 1 aliphatic carbocycles. The molecule has 2 saturated heterocycles. The molecule has 10 heteroatoms. The van der Waals surface area contributed by atoms with Gasteiger partial charge in [-0.25, -0.2) is 0 Å². The highest BCUT2D eigenvalue weighted by atomic mass is 19.4. The van der Waals surface area contributed by atoms with E-state index in [9.17, 15) is 27.6 Å². The third kappa shape index (κ3) is 5.36. The molecule has 1 aromatic rings. The Morgan fingerprint density at radius 2 is 1.92 bits per heavy atom. The van der Waals surface area contributed by atoms with E-state index in [-0.39, 0.29) is 37.1 Å². The predicted octanol–water partition coefficient (Wildman–Crippen LogP) is 4.14. The van der Waals surface area contributed by atoms with Gasteiger partial charge in [-0.2, -0.15) is 13.2 Å². The molecule has 7 nitrogen and oxygen atoms in total. The zero-order chi connectivity index (χ0) is 27.0. The SMILES string of the molecule is CC1CC(COc2cccc3c2CN(C2CCC(=O)NC2=O)C3=O)=CC=C1CN1CCCCC1C(F)(F)F. The molecule has 1 N–H and O–H groups in total. The van der Waals surface area contributed by atoms with Crippen molar-refractivity contribution >= 4 is 17.7 Å². The molecular weight excluding hydrogens is 499 g/mol. The number of nitrogens with one attached hydrogen (secondary N) is 1. The fourth-order valence-electron chi connectivity index (χ4n) is 5.95. The number of likely N-dealkylation sites (tertiary alicyclic amines) is 1. The number of rotatable bonds is 6. The first-order valence-electron chi connectivity index (χ1n) is 13.2. The Labute approximate surface area is 219 Å². The molecule has 3 amide bonds. The van der Waals surface area contributed by atoms with Crippen molar-refractivity contribution in [1.29, 1.82) is 0 Å². The smallest absolute Gasteiger partial charge is 0.404 e. The van der Waals surface area contributed by atoms with Gasteiger partial charge >= 0.3 is 6.18 Å². The van der Waals surface area contributed by atoms with Crippen molar-refractivity contribution in [2.45, 2.75) is 70.3 Å². The number of benzene rings is 1. The number of allylic oxidation sites excluding steroid dienone is 2. The van der Waals surface area contributed by atoms with Crippen molar-refractivity contribution in [3.63, 3.8) is 0 Å². The molecule has 3 atom stereocenters. The Morgan fingerprint density at radius 3 is 2.66 bits per heavy atom. The molecule has 4 aliphatic rings. The van der Waals surface area contributed by atoms with E-state index in [4.69, 9.17) is 4.74 Å². The summed E-state index contributed by atoms with van der Waals surface area (Å²) in [7, 11) is 0. The lowest BCUT2D eigenvalue weighted by Gasteiger charge is -2.38. The summed E-state index contributed by atoms with van der Waals surface area (Å²) in [4.78, 5) is 39.9. The summed E-state index contributed by atoms with van der Waals surface area (Å²) in [6, 6.07) is 3.18. The summed E-state index contributed by atoms with van der Waals surface area (Å²) in [5.74, 6) is -0.383. The third-order valence-corrected chi connectivity index (χ3v) is 8.06. The van der Waals surface area contributed by atoms with Crippen LogP contribution in [0, 0.1) is 5.92 Å². The number of alkyl halides is 3. The van der Waals surface area contributed by atoms with Gasteiger partial charge in [0.05, 0.1) is 6.54 Å². The van der Waals surface area contributed by atoms with Crippen LogP contribution in [0.1, 0.15) is 61.4 Å². The largest absolute Gasteiger partial charge is 0.489 e. The summed E-state index contributed by atoms with van der Waals surface area (Å²) in [6.07, 6.45) is 2.38. The Kier molecular flexibility index (Phi) is 7.35. The second-order valence-corrected chi connectivity index (χ2v) is 10.7. The molecule has 0 bridgehead atoms. The van der Waals surface area contributed by atoms with Crippen LogP contribution in [0.3, 0.4) is 0 Å². The van der Waals surface area contributed by atoms with Crippen molar-refractivity contribution < 1.29 is 32.3 Å². The number of piperidine rings is 2. The van der Waals surface area contributed by atoms with Crippen LogP contribution in [0.25, 0.3) is 0 Å². The van der Waals surface area contributed by atoms with Gasteiger partial charge in [-0.15, -0.1) is 0 Å². The maximum absolute atomic E-state index is 13.5. The molecule has 2 fully saturated rings. The maximum Gasteiger partial charge on any atom is 0.404 e. The van der Waals surface area contributed by atoms with Crippen LogP contribution in [0.5, 0.6) is 5.75 Å². The fraction of sp³-hybridized carbons (Fsp3) is 0.536. The number of hydrogen-bond donors (Lipinski definition) is 1. The van der Waals surface area contributed by atoms with E-state index in [1.165, 1.54) is 4.90 Å². The lowest BCUT2D eigenvalue weighted by Crippen LogP contribution is -2.52.